The number of halogens is 3. The molecule has 2 N–H and O–H groups in total. The number of fused-ring (bicyclic) bond motifs is 2. The Labute approximate surface area is 302 Å². The topological polar surface area (TPSA) is 108 Å². The van der Waals surface area contributed by atoms with Gasteiger partial charge in [0.1, 0.15) is 5.52 Å². The van der Waals surface area contributed by atoms with Crippen LogP contribution in [0.15, 0.2) is 30.7 Å². The zero-order chi connectivity index (χ0) is 36.6. The minimum Gasteiger partial charge on any atom is -0.352 e. The van der Waals surface area contributed by atoms with Gasteiger partial charge in [-0.2, -0.15) is 0 Å². The zero-order valence-corrected chi connectivity index (χ0v) is 31.0. The maximum atomic E-state index is 15.4. The number of amides is 2. The van der Waals surface area contributed by atoms with Crippen molar-refractivity contribution in [3.63, 3.8) is 0 Å². The van der Waals surface area contributed by atoms with Gasteiger partial charge in [-0.25, -0.2) is 18.7 Å². The Kier molecular flexibility index (Phi) is 8.85. The molecule has 0 radical (unpaired) electrons. The summed E-state index contributed by atoms with van der Waals surface area (Å²) in [6, 6.07) is 4.98. The summed E-state index contributed by atoms with van der Waals surface area (Å²) in [5.74, 6) is -2.31. The lowest BCUT2D eigenvalue weighted by atomic mass is 9.70. The number of pyridine rings is 2. The molecule has 1 atom stereocenters. The Bertz CT molecular complexity index is 2060. The Morgan fingerprint density at radius 1 is 1.12 bits per heavy atom. The molecule has 1 unspecified atom stereocenters. The number of imidazole rings is 1. The number of carbonyl (C=O) groups is 2. The molecule has 3 aromatic heterocycles. The van der Waals surface area contributed by atoms with Gasteiger partial charge in [0.05, 0.1) is 50.6 Å². The lowest BCUT2D eigenvalue weighted by Crippen LogP contribution is -2.64. The van der Waals surface area contributed by atoms with Crippen molar-refractivity contribution in [3.05, 3.63) is 58.6 Å². The normalized spacial score (nSPS) is 23.1. The van der Waals surface area contributed by atoms with Gasteiger partial charge in [0.25, 0.3) is 5.91 Å². The quantitative estimate of drug-likeness (QED) is 0.179. The van der Waals surface area contributed by atoms with Gasteiger partial charge in [0.15, 0.2) is 17.5 Å². The van der Waals surface area contributed by atoms with E-state index in [1.807, 2.05) is 49.3 Å². The smallest absolute Gasteiger partial charge is 0.252 e. The molecule has 0 spiro atoms. The summed E-state index contributed by atoms with van der Waals surface area (Å²) in [6.45, 7) is 16.6. The molecule has 1 aliphatic carbocycles. The lowest BCUT2D eigenvalue weighted by Gasteiger charge is -2.56. The minimum atomic E-state index is -1.34. The van der Waals surface area contributed by atoms with Crippen LogP contribution in [-0.4, -0.2) is 67.4 Å². The number of benzene rings is 1. The summed E-state index contributed by atoms with van der Waals surface area (Å²) in [7, 11) is 0. The van der Waals surface area contributed by atoms with Gasteiger partial charge in [0, 0.05) is 42.5 Å². The molecular formula is C38H45ClF2N8O2. The van der Waals surface area contributed by atoms with E-state index in [1.165, 1.54) is 18.9 Å². The third kappa shape index (κ3) is 5.84. The predicted molar refractivity (Wildman–Crippen MR) is 196 cm³/mol. The number of hydrogen-bond donors (Lipinski definition) is 2. The fourth-order valence-electron chi connectivity index (χ4n) is 8.14. The molecule has 1 aromatic carbocycles. The average Bonchev–Trinajstić information content (AvgIpc) is 3.60. The maximum Gasteiger partial charge on any atom is 0.252 e. The van der Waals surface area contributed by atoms with Crippen molar-refractivity contribution >= 4 is 51.6 Å². The lowest BCUT2D eigenvalue weighted by molar-refractivity contribution is -0.124. The van der Waals surface area contributed by atoms with Crippen LogP contribution in [-0.2, 0) is 10.2 Å². The second-order valence-corrected chi connectivity index (χ2v) is 15.9. The number of aromatic nitrogens is 4. The second-order valence-electron chi connectivity index (χ2n) is 15.5. The first kappa shape index (κ1) is 35.3. The Morgan fingerprint density at radius 3 is 2.55 bits per heavy atom. The van der Waals surface area contributed by atoms with Crippen molar-refractivity contribution in [1.82, 2.24) is 29.7 Å². The van der Waals surface area contributed by atoms with E-state index < -0.39 is 28.0 Å². The number of nitrogens with one attached hydrogen (secondary N) is 2. The number of hydrogen-bond acceptors (Lipinski definition) is 7. The van der Waals surface area contributed by atoms with Crippen LogP contribution in [0.5, 0.6) is 0 Å². The molecule has 270 valence electrons. The molecule has 13 heteroatoms. The van der Waals surface area contributed by atoms with Gasteiger partial charge in [-0.05, 0) is 97.9 Å². The highest BCUT2D eigenvalue weighted by molar-refractivity contribution is 6.34. The van der Waals surface area contributed by atoms with Crippen molar-refractivity contribution in [3.8, 4) is 11.3 Å². The first-order valence-corrected chi connectivity index (χ1v) is 18.2. The van der Waals surface area contributed by atoms with Crippen molar-refractivity contribution in [2.75, 3.05) is 29.9 Å². The molecule has 1 saturated heterocycles. The van der Waals surface area contributed by atoms with Crippen LogP contribution in [0, 0.1) is 17.6 Å². The van der Waals surface area contributed by atoms with E-state index in [0.29, 0.717) is 28.2 Å². The van der Waals surface area contributed by atoms with Crippen molar-refractivity contribution in [2.45, 2.75) is 97.2 Å². The molecule has 0 bridgehead atoms. The maximum absolute atomic E-state index is 15.4. The van der Waals surface area contributed by atoms with E-state index in [2.05, 4.69) is 34.4 Å². The van der Waals surface area contributed by atoms with Crippen LogP contribution in [0.3, 0.4) is 0 Å². The van der Waals surface area contributed by atoms with E-state index in [9.17, 15) is 9.59 Å². The molecule has 2 fully saturated rings. The van der Waals surface area contributed by atoms with Gasteiger partial charge < -0.3 is 20.1 Å². The first-order valence-electron chi connectivity index (χ1n) is 17.8. The molecular weight excluding hydrogens is 674 g/mol. The number of rotatable bonds is 8. The summed E-state index contributed by atoms with van der Waals surface area (Å²) in [6.07, 6.45) is 7.60. The Morgan fingerprint density at radius 2 is 1.86 bits per heavy atom. The molecule has 1 saturated carbocycles. The summed E-state index contributed by atoms with van der Waals surface area (Å²) >= 11 is 6.07. The van der Waals surface area contributed by atoms with Gasteiger partial charge in [-0.15, -0.1) is 0 Å². The highest BCUT2D eigenvalue weighted by Crippen LogP contribution is 2.50. The predicted octanol–water partition coefficient (Wildman–Crippen LogP) is 7.78. The summed E-state index contributed by atoms with van der Waals surface area (Å²) in [5.41, 5.74) is 2.48. The number of anilines is 3. The SMILES string of the molecule is CCNC(=O)c1cc(Nc2nc(-c3cnc4c(c3)N(C3CC(C)(N5CCCC(C)C5)C3)C(=O)C4(C)C)cc3ncn(C(C)C)c23)c(F)c(F)c1Cl. The minimum absolute atomic E-state index is 0.0332. The fraction of sp³-hybridized carbons (Fsp3) is 0.500. The van der Waals surface area contributed by atoms with E-state index >= 15 is 8.78 Å². The van der Waals surface area contributed by atoms with Gasteiger partial charge >= 0.3 is 0 Å². The molecule has 10 nitrogen and oxygen atoms in total. The molecule has 3 aliphatic rings. The van der Waals surface area contributed by atoms with Gasteiger partial charge in [-0.3, -0.25) is 19.5 Å². The summed E-state index contributed by atoms with van der Waals surface area (Å²) < 4.78 is 32.4. The molecule has 2 aliphatic heterocycles. The standard InChI is InChI=1S/C38H45ClF2N8O2/c1-8-42-35(50)24-13-26(30(40)31(41)29(24)39)46-34-32-27(44-19-48(32)20(2)3)14-25(45-34)22-12-28-33(43-17-22)37(5,6)36(51)49(28)23-15-38(7,16-23)47-11-9-10-21(4)18-47/h12-14,17,19-21,23H,8-11,15-16,18H2,1-7H3,(H,42,50)(H,45,46). The van der Waals surface area contributed by atoms with Crippen LogP contribution >= 0.6 is 11.6 Å². The molecule has 5 heterocycles. The number of likely N-dealkylation sites (tertiary alicyclic amines) is 1. The van der Waals surface area contributed by atoms with E-state index in [-0.39, 0.29) is 47.1 Å². The third-order valence-corrected chi connectivity index (χ3v) is 11.4. The van der Waals surface area contributed by atoms with Crippen LogP contribution in [0.1, 0.15) is 96.2 Å². The van der Waals surface area contributed by atoms with Crippen molar-refractivity contribution in [2.24, 2.45) is 5.92 Å². The van der Waals surface area contributed by atoms with Crippen molar-refractivity contribution < 1.29 is 18.4 Å². The Hall–Kier alpha value is -4.16. The fourth-order valence-corrected chi connectivity index (χ4v) is 8.36. The van der Waals surface area contributed by atoms with Crippen LogP contribution in [0.25, 0.3) is 22.3 Å². The van der Waals surface area contributed by atoms with Crippen LogP contribution in [0.2, 0.25) is 5.02 Å². The zero-order valence-electron chi connectivity index (χ0n) is 30.2. The van der Waals surface area contributed by atoms with Gasteiger partial charge in [0.2, 0.25) is 5.91 Å². The largest absolute Gasteiger partial charge is 0.352 e. The van der Waals surface area contributed by atoms with E-state index in [4.69, 9.17) is 21.6 Å². The number of piperidine rings is 1. The molecule has 4 aromatic rings. The second kappa shape index (κ2) is 12.8. The van der Waals surface area contributed by atoms with E-state index in [0.717, 1.165) is 37.3 Å². The average molecular weight is 719 g/mol. The van der Waals surface area contributed by atoms with Crippen LogP contribution < -0.4 is 15.5 Å². The molecule has 2 amide bonds. The Balaban J connectivity index is 1.28. The number of carbonyl (C=O) groups excluding carboxylic acids is 2. The van der Waals surface area contributed by atoms with Crippen molar-refractivity contribution in [1.29, 1.82) is 0 Å². The highest BCUT2D eigenvalue weighted by atomic mass is 35.5. The summed E-state index contributed by atoms with van der Waals surface area (Å²) in [5, 5.41) is 4.94. The molecule has 51 heavy (non-hydrogen) atoms. The molecule has 7 rings (SSSR count). The third-order valence-electron chi connectivity index (χ3n) is 11.0. The first-order chi connectivity index (χ1) is 24.1. The summed E-state index contributed by atoms with van der Waals surface area (Å²) in [4.78, 5) is 45.7. The number of nitrogens with zero attached hydrogens (tertiary/aromatic N) is 6. The highest BCUT2D eigenvalue weighted by Gasteiger charge is 2.55. The van der Waals surface area contributed by atoms with Crippen LogP contribution in [0.4, 0.5) is 26.0 Å². The monoisotopic (exact) mass is 718 g/mol. The van der Waals surface area contributed by atoms with E-state index in [1.54, 1.807) is 19.4 Å². The van der Waals surface area contributed by atoms with Gasteiger partial charge in [-0.1, -0.05) is 18.5 Å².